The molecule has 0 heterocycles. The molecular weight excluding hydrogens is 212 g/mol. The van der Waals surface area contributed by atoms with Gasteiger partial charge in [-0.05, 0) is 51.2 Å². The lowest BCUT2D eigenvalue weighted by Crippen LogP contribution is -2.20. The van der Waals surface area contributed by atoms with Gasteiger partial charge in [0.15, 0.2) is 0 Å². The lowest BCUT2D eigenvalue weighted by atomic mass is 10.0. The molecule has 0 aliphatic rings. The van der Waals surface area contributed by atoms with E-state index in [1.165, 1.54) is 5.56 Å². The van der Waals surface area contributed by atoms with Gasteiger partial charge in [0.05, 0.1) is 6.61 Å². The first-order chi connectivity index (χ1) is 8.13. The highest BCUT2D eigenvalue weighted by molar-refractivity contribution is 5.29. The molecule has 0 spiro atoms. The maximum atomic E-state index is 6.13. The van der Waals surface area contributed by atoms with Crippen LogP contribution in [0.2, 0.25) is 0 Å². The summed E-state index contributed by atoms with van der Waals surface area (Å²) >= 11 is 0. The van der Waals surface area contributed by atoms with Gasteiger partial charge in [-0.25, -0.2) is 0 Å². The van der Waals surface area contributed by atoms with Crippen LogP contribution in [-0.2, 0) is 0 Å². The van der Waals surface area contributed by atoms with Crippen LogP contribution in [0.3, 0.4) is 0 Å². The second-order valence-electron chi connectivity index (χ2n) is 4.62. The fraction of sp³-hybridized carbons (Fsp3) is 0.571. The van der Waals surface area contributed by atoms with E-state index in [9.17, 15) is 0 Å². The lowest BCUT2D eigenvalue weighted by Gasteiger charge is -2.16. The molecular formula is C14H24N2O. The van der Waals surface area contributed by atoms with Gasteiger partial charge < -0.3 is 15.4 Å². The molecule has 0 radical (unpaired) electrons. The summed E-state index contributed by atoms with van der Waals surface area (Å²) in [4.78, 5) is 2.15. The first kappa shape index (κ1) is 14.0. The smallest absolute Gasteiger partial charge is 0.119 e. The Bertz CT molecular complexity index is 309. The molecule has 0 aromatic heterocycles. The summed E-state index contributed by atoms with van der Waals surface area (Å²) < 4.78 is 5.54. The fourth-order valence-electron chi connectivity index (χ4n) is 1.60. The van der Waals surface area contributed by atoms with Crippen molar-refractivity contribution in [3.05, 3.63) is 29.8 Å². The lowest BCUT2D eigenvalue weighted by molar-refractivity contribution is 0.317. The van der Waals surface area contributed by atoms with Crippen LogP contribution in [-0.4, -0.2) is 32.1 Å². The van der Waals surface area contributed by atoms with Crippen molar-refractivity contribution in [1.29, 1.82) is 0 Å². The summed E-state index contributed by atoms with van der Waals surface area (Å²) in [5.41, 5.74) is 7.30. The first-order valence-corrected chi connectivity index (χ1v) is 6.26. The zero-order valence-electron chi connectivity index (χ0n) is 11.1. The molecule has 17 heavy (non-hydrogen) atoms. The van der Waals surface area contributed by atoms with Gasteiger partial charge in [0.2, 0.25) is 0 Å². The molecule has 1 aromatic carbocycles. The Balaban J connectivity index is 2.48. The van der Waals surface area contributed by atoms with Crippen LogP contribution in [0.25, 0.3) is 0 Å². The van der Waals surface area contributed by atoms with E-state index in [4.69, 9.17) is 10.5 Å². The van der Waals surface area contributed by atoms with Crippen LogP contribution < -0.4 is 10.5 Å². The highest BCUT2D eigenvalue weighted by Crippen LogP contribution is 2.18. The normalized spacial score (nSPS) is 12.8. The Hall–Kier alpha value is -1.06. The minimum Gasteiger partial charge on any atom is -0.494 e. The van der Waals surface area contributed by atoms with Crippen LogP contribution in [0.5, 0.6) is 5.75 Å². The van der Waals surface area contributed by atoms with E-state index < -0.39 is 0 Å². The number of ether oxygens (including phenoxy) is 1. The van der Waals surface area contributed by atoms with Gasteiger partial charge >= 0.3 is 0 Å². The number of nitrogens with two attached hydrogens (primary N) is 1. The largest absolute Gasteiger partial charge is 0.494 e. The minimum atomic E-state index is 0.109. The molecule has 96 valence electrons. The molecule has 0 aliphatic carbocycles. The van der Waals surface area contributed by atoms with Gasteiger partial charge in [-0.15, -0.1) is 0 Å². The van der Waals surface area contributed by atoms with Gasteiger partial charge in [-0.1, -0.05) is 19.1 Å². The third-order valence-corrected chi connectivity index (χ3v) is 2.67. The highest BCUT2D eigenvalue weighted by Gasteiger charge is 2.06. The van der Waals surface area contributed by atoms with Crippen LogP contribution in [0, 0.1) is 0 Å². The summed E-state index contributed by atoms with van der Waals surface area (Å²) in [6, 6.07) is 8.23. The maximum absolute atomic E-state index is 6.13. The van der Waals surface area contributed by atoms with Gasteiger partial charge in [-0.2, -0.15) is 0 Å². The molecule has 2 N–H and O–H groups in total. The van der Waals surface area contributed by atoms with Gasteiger partial charge in [0.25, 0.3) is 0 Å². The SMILES string of the molecule is CCCOc1ccc(C(N)CCN(C)C)cc1. The van der Waals surface area contributed by atoms with Crippen molar-refractivity contribution in [3.63, 3.8) is 0 Å². The van der Waals surface area contributed by atoms with Crippen LogP contribution in [0.15, 0.2) is 24.3 Å². The predicted molar refractivity (Wildman–Crippen MR) is 72.3 cm³/mol. The minimum absolute atomic E-state index is 0.109. The molecule has 1 unspecified atom stereocenters. The second-order valence-corrected chi connectivity index (χ2v) is 4.62. The zero-order chi connectivity index (χ0) is 12.7. The Kier molecular flexibility index (Phi) is 6.01. The van der Waals surface area contributed by atoms with Gasteiger partial charge in [0.1, 0.15) is 5.75 Å². The van der Waals surface area contributed by atoms with Crippen molar-refractivity contribution in [2.24, 2.45) is 5.73 Å². The first-order valence-electron chi connectivity index (χ1n) is 6.26. The topological polar surface area (TPSA) is 38.5 Å². The summed E-state index contributed by atoms with van der Waals surface area (Å²) in [6.45, 7) is 3.88. The van der Waals surface area contributed by atoms with E-state index in [1.54, 1.807) is 0 Å². The third kappa shape index (κ3) is 5.20. The monoisotopic (exact) mass is 236 g/mol. The highest BCUT2D eigenvalue weighted by atomic mass is 16.5. The van der Waals surface area contributed by atoms with Crippen molar-refractivity contribution in [1.82, 2.24) is 4.90 Å². The van der Waals surface area contributed by atoms with E-state index in [0.29, 0.717) is 0 Å². The molecule has 0 saturated heterocycles. The number of benzene rings is 1. The summed E-state index contributed by atoms with van der Waals surface area (Å²) in [5, 5.41) is 0. The average molecular weight is 236 g/mol. The van der Waals surface area contributed by atoms with Gasteiger partial charge in [0, 0.05) is 6.04 Å². The Labute approximate surface area is 105 Å². The van der Waals surface area contributed by atoms with E-state index in [0.717, 1.165) is 31.7 Å². The summed E-state index contributed by atoms with van der Waals surface area (Å²) in [7, 11) is 4.13. The number of rotatable bonds is 7. The molecule has 0 fully saturated rings. The van der Waals surface area contributed by atoms with Crippen LogP contribution in [0.1, 0.15) is 31.4 Å². The molecule has 0 bridgehead atoms. The van der Waals surface area contributed by atoms with Crippen molar-refractivity contribution in [2.45, 2.75) is 25.8 Å². The number of hydrogen-bond donors (Lipinski definition) is 1. The third-order valence-electron chi connectivity index (χ3n) is 2.67. The zero-order valence-corrected chi connectivity index (χ0v) is 11.1. The Morgan fingerprint density at radius 2 is 1.88 bits per heavy atom. The maximum Gasteiger partial charge on any atom is 0.119 e. The fourth-order valence-corrected chi connectivity index (χ4v) is 1.60. The van der Waals surface area contributed by atoms with Crippen LogP contribution >= 0.6 is 0 Å². The average Bonchev–Trinajstić information content (AvgIpc) is 2.34. The molecule has 0 amide bonds. The quantitative estimate of drug-likeness (QED) is 0.790. The predicted octanol–water partition coefficient (Wildman–Crippen LogP) is 2.43. The van der Waals surface area contributed by atoms with Gasteiger partial charge in [-0.3, -0.25) is 0 Å². The van der Waals surface area contributed by atoms with E-state index >= 15 is 0 Å². The van der Waals surface area contributed by atoms with E-state index in [2.05, 4.69) is 38.1 Å². The molecule has 1 atom stereocenters. The van der Waals surface area contributed by atoms with E-state index in [1.807, 2.05) is 12.1 Å². The molecule has 0 saturated carbocycles. The molecule has 3 heteroatoms. The Morgan fingerprint density at radius 3 is 2.41 bits per heavy atom. The van der Waals surface area contributed by atoms with Crippen molar-refractivity contribution in [2.75, 3.05) is 27.2 Å². The Morgan fingerprint density at radius 1 is 1.24 bits per heavy atom. The molecule has 1 rings (SSSR count). The number of nitrogens with zero attached hydrogens (tertiary/aromatic N) is 1. The molecule has 0 aliphatic heterocycles. The number of hydrogen-bond acceptors (Lipinski definition) is 3. The second kappa shape index (κ2) is 7.30. The van der Waals surface area contributed by atoms with E-state index in [-0.39, 0.29) is 6.04 Å². The summed E-state index contributed by atoms with van der Waals surface area (Å²) in [6.07, 6.45) is 2.01. The molecule has 3 nitrogen and oxygen atoms in total. The molecule has 1 aromatic rings. The summed E-state index contributed by atoms with van der Waals surface area (Å²) in [5.74, 6) is 0.926. The van der Waals surface area contributed by atoms with Crippen LogP contribution in [0.4, 0.5) is 0 Å². The van der Waals surface area contributed by atoms with Crippen molar-refractivity contribution < 1.29 is 4.74 Å². The van der Waals surface area contributed by atoms with Crippen molar-refractivity contribution in [3.8, 4) is 5.75 Å². The standard InChI is InChI=1S/C14H24N2O/c1-4-11-17-13-7-5-12(6-8-13)14(15)9-10-16(2)3/h5-8,14H,4,9-11,15H2,1-3H3. The van der Waals surface area contributed by atoms with Crippen molar-refractivity contribution >= 4 is 0 Å².